The molecule has 1 unspecified atom stereocenters. The molecule has 0 aromatic heterocycles. The molecule has 2 heterocycles. The minimum Gasteiger partial charge on any atom is -0.337 e. The molecule has 1 atom stereocenters. The van der Waals surface area contributed by atoms with Crippen molar-refractivity contribution in [3.05, 3.63) is 35.4 Å². The average Bonchev–Trinajstić information content (AvgIpc) is 2.71. The summed E-state index contributed by atoms with van der Waals surface area (Å²) < 4.78 is 0. The maximum absolute atomic E-state index is 12.1. The summed E-state index contributed by atoms with van der Waals surface area (Å²) in [5, 5.41) is 0. The number of hydrogen-bond acceptors (Lipinski definition) is 3. The number of fused-ring (bicyclic) bond motifs is 1. The van der Waals surface area contributed by atoms with Crippen molar-refractivity contribution in [1.82, 2.24) is 9.80 Å². The molecule has 0 saturated carbocycles. The summed E-state index contributed by atoms with van der Waals surface area (Å²) in [6.07, 6.45) is 2.23. The second-order valence-corrected chi connectivity index (χ2v) is 6.39. The summed E-state index contributed by atoms with van der Waals surface area (Å²) >= 11 is 0. The molecule has 1 aromatic carbocycles. The van der Waals surface area contributed by atoms with Gasteiger partial charge in [-0.15, -0.1) is 0 Å². The summed E-state index contributed by atoms with van der Waals surface area (Å²) in [4.78, 5) is 16.5. The summed E-state index contributed by atoms with van der Waals surface area (Å²) in [5.74, 6) is 0.0654. The molecule has 3 rings (SSSR count). The molecule has 4 nitrogen and oxygen atoms in total. The minimum absolute atomic E-state index is 0.0654. The van der Waals surface area contributed by atoms with Crippen LogP contribution >= 0.6 is 0 Å². The van der Waals surface area contributed by atoms with Crippen molar-refractivity contribution < 1.29 is 4.79 Å². The predicted octanol–water partition coefficient (Wildman–Crippen LogP) is 0.852. The second kappa shape index (κ2) is 5.19. The maximum Gasteiger partial charge on any atom is 0.236 e. The fourth-order valence-corrected chi connectivity index (χ4v) is 3.75. The van der Waals surface area contributed by atoms with Gasteiger partial charge in [-0.2, -0.15) is 0 Å². The Labute approximate surface area is 120 Å². The molecular weight excluding hydrogens is 250 g/mol. The number of carbonyl (C=O) groups is 1. The Kier molecular flexibility index (Phi) is 3.52. The van der Waals surface area contributed by atoms with E-state index in [0.717, 1.165) is 32.5 Å². The van der Waals surface area contributed by atoms with Crippen LogP contribution in [0.2, 0.25) is 0 Å². The Morgan fingerprint density at radius 1 is 1.30 bits per heavy atom. The Bertz CT molecular complexity index is 516. The molecule has 2 aliphatic heterocycles. The molecule has 4 heteroatoms. The smallest absolute Gasteiger partial charge is 0.236 e. The summed E-state index contributed by atoms with van der Waals surface area (Å²) in [5.41, 5.74) is 8.46. The third-order valence-corrected chi connectivity index (χ3v) is 4.73. The highest BCUT2D eigenvalue weighted by atomic mass is 16.2. The third-order valence-electron chi connectivity index (χ3n) is 4.73. The van der Waals surface area contributed by atoms with E-state index in [-0.39, 0.29) is 17.9 Å². The van der Waals surface area contributed by atoms with Gasteiger partial charge in [0, 0.05) is 25.0 Å². The Balaban J connectivity index is 1.96. The second-order valence-electron chi connectivity index (χ2n) is 6.39. The fraction of sp³-hybridized carbons (Fsp3) is 0.562. The van der Waals surface area contributed by atoms with Crippen LogP contribution in [0, 0.1) is 5.41 Å². The molecule has 0 radical (unpaired) electrons. The summed E-state index contributed by atoms with van der Waals surface area (Å²) in [6.45, 7) is 3.83. The van der Waals surface area contributed by atoms with Crippen molar-refractivity contribution in [2.75, 3.05) is 33.2 Å². The lowest BCUT2D eigenvalue weighted by molar-refractivity contribution is -0.131. The van der Waals surface area contributed by atoms with E-state index in [4.69, 9.17) is 5.73 Å². The van der Waals surface area contributed by atoms with E-state index in [9.17, 15) is 4.79 Å². The van der Waals surface area contributed by atoms with Crippen molar-refractivity contribution in [1.29, 1.82) is 0 Å². The van der Waals surface area contributed by atoms with Crippen molar-refractivity contribution in [2.24, 2.45) is 11.1 Å². The first-order chi connectivity index (χ1) is 9.62. The molecule has 0 aliphatic carbocycles. The van der Waals surface area contributed by atoms with E-state index in [1.165, 1.54) is 11.1 Å². The van der Waals surface area contributed by atoms with Gasteiger partial charge in [0.1, 0.15) is 0 Å². The third kappa shape index (κ3) is 2.45. The zero-order chi connectivity index (χ0) is 14.2. The fourth-order valence-electron chi connectivity index (χ4n) is 3.75. The van der Waals surface area contributed by atoms with Crippen LogP contribution in [-0.4, -0.2) is 48.9 Å². The maximum atomic E-state index is 12.1. The van der Waals surface area contributed by atoms with Gasteiger partial charge in [0.05, 0.1) is 6.54 Å². The monoisotopic (exact) mass is 273 g/mol. The van der Waals surface area contributed by atoms with E-state index in [1.54, 1.807) is 0 Å². The first-order valence-electron chi connectivity index (χ1n) is 7.35. The largest absolute Gasteiger partial charge is 0.337 e. The van der Waals surface area contributed by atoms with E-state index in [1.807, 2.05) is 4.90 Å². The number of likely N-dealkylation sites (tertiary alicyclic amines) is 1. The summed E-state index contributed by atoms with van der Waals surface area (Å²) in [7, 11) is 2.17. The van der Waals surface area contributed by atoms with Crippen molar-refractivity contribution >= 4 is 5.91 Å². The molecule has 20 heavy (non-hydrogen) atoms. The number of hydrogen-bond donors (Lipinski definition) is 1. The van der Waals surface area contributed by atoms with Gasteiger partial charge in [0.2, 0.25) is 5.91 Å². The van der Waals surface area contributed by atoms with Gasteiger partial charge in [-0.1, -0.05) is 24.3 Å². The standard InChI is InChI=1S/C16H23N3O/c1-18-7-6-16(11-18)8-13-4-2-3-5-14(13)10-19(12-16)15(20)9-17/h2-5H,6-12,17H2,1H3. The van der Waals surface area contributed by atoms with Crippen LogP contribution in [0.3, 0.4) is 0 Å². The van der Waals surface area contributed by atoms with Gasteiger partial charge < -0.3 is 15.5 Å². The van der Waals surface area contributed by atoms with Crippen LogP contribution in [0.5, 0.6) is 0 Å². The van der Waals surface area contributed by atoms with Gasteiger partial charge in [-0.05, 0) is 37.6 Å². The molecule has 1 amide bonds. The number of nitrogens with zero attached hydrogens (tertiary/aromatic N) is 2. The van der Waals surface area contributed by atoms with E-state index >= 15 is 0 Å². The number of benzene rings is 1. The van der Waals surface area contributed by atoms with Gasteiger partial charge in [0.15, 0.2) is 0 Å². The van der Waals surface area contributed by atoms with Gasteiger partial charge in [0.25, 0.3) is 0 Å². The molecule has 2 N–H and O–H groups in total. The topological polar surface area (TPSA) is 49.6 Å². The lowest BCUT2D eigenvalue weighted by atomic mass is 9.80. The molecular formula is C16H23N3O. The molecule has 2 aliphatic rings. The predicted molar refractivity (Wildman–Crippen MR) is 79.2 cm³/mol. The van der Waals surface area contributed by atoms with E-state index in [2.05, 4.69) is 36.2 Å². The highest BCUT2D eigenvalue weighted by molar-refractivity contribution is 5.78. The lowest BCUT2D eigenvalue weighted by Gasteiger charge is -2.32. The highest BCUT2D eigenvalue weighted by Crippen LogP contribution is 2.38. The van der Waals surface area contributed by atoms with Crippen LogP contribution in [-0.2, 0) is 17.8 Å². The SMILES string of the molecule is CN1CCC2(Cc3ccccc3CN(C(=O)CN)C2)C1. The van der Waals surface area contributed by atoms with Gasteiger partial charge in [-0.3, -0.25) is 4.79 Å². The zero-order valence-corrected chi connectivity index (χ0v) is 12.1. The Morgan fingerprint density at radius 3 is 2.70 bits per heavy atom. The van der Waals surface area contributed by atoms with Crippen LogP contribution in [0.25, 0.3) is 0 Å². The normalized spacial score (nSPS) is 26.6. The quantitative estimate of drug-likeness (QED) is 0.825. The van der Waals surface area contributed by atoms with Crippen molar-refractivity contribution in [2.45, 2.75) is 19.4 Å². The van der Waals surface area contributed by atoms with E-state index < -0.39 is 0 Å². The van der Waals surface area contributed by atoms with Crippen LogP contribution in [0.15, 0.2) is 24.3 Å². The van der Waals surface area contributed by atoms with Crippen LogP contribution < -0.4 is 5.73 Å². The first kappa shape index (κ1) is 13.6. The van der Waals surface area contributed by atoms with Gasteiger partial charge >= 0.3 is 0 Å². The Hall–Kier alpha value is -1.39. The zero-order valence-electron chi connectivity index (χ0n) is 12.1. The molecule has 1 aromatic rings. The summed E-state index contributed by atoms with van der Waals surface area (Å²) in [6, 6.07) is 8.52. The number of amides is 1. The minimum atomic E-state index is 0.0654. The number of nitrogens with two attached hydrogens (primary N) is 1. The Morgan fingerprint density at radius 2 is 2.05 bits per heavy atom. The van der Waals surface area contributed by atoms with Crippen LogP contribution in [0.4, 0.5) is 0 Å². The van der Waals surface area contributed by atoms with E-state index in [0.29, 0.717) is 6.54 Å². The molecule has 1 spiro atoms. The average molecular weight is 273 g/mol. The van der Waals surface area contributed by atoms with Crippen molar-refractivity contribution in [3.8, 4) is 0 Å². The molecule has 1 fully saturated rings. The molecule has 0 bridgehead atoms. The highest BCUT2D eigenvalue weighted by Gasteiger charge is 2.41. The first-order valence-corrected chi connectivity index (χ1v) is 7.35. The lowest BCUT2D eigenvalue weighted by Crippen LogP contribution is -2.43. The van der Waals surface area contributed by atoms with Crippen molar-refractivity contribution in [3.63, 3.8) is 0 Å². The van der Waals surface area contributed by atoms with Gasteiger partial charge in [-0.25, -0.2) is 0 Å². The molecule has 108 valence electrons. The number of carbonyl (C=O) groups excluding carboxylic acids is 1. The van der Waals surface area contributed by atoms with Crippen LogP contribution in [0.1, 0.15) is 17.5 Å². The number of rotatable bonds is 1. The molecule has 1 saturated heterocycles.